The van der Waals surface area contributed by atoms with Gasteiger partial charge < -0.3 is 5.73 Å². The molecule has 0 aliphatic heterocycles. The van der Waals surface area contributed by atoms with Gasteiger partial charge >= 0.3 is 0 Å². The molecule has 0 radical (unpaired) electrons. The van der Waals surface area contributed by atoms with Crippen molar-refractivity contribution in [2.75, 3.05) is 0 Å². The summed E-state index contributed by atoms with van der Waals surface area (Å²) in [5, 5.41) is 2.61. The van der Waals surface area contributed by atoms with Crippen LogP contribution in [0.3, 0.4) is 0 Å². The van der Waals surface area contributed by atoms with Gasteiger partial charge in [-0.1, -0.05) is 62.7 Å². The van der Waals surface area contributed by atoms with Crippen molar-refractivity contribution < 1.29 is 0 Å². The van der Waals surface area contributed by atoms with Crippen LogP contribution in [-0.4, -0.2) is 0 Å². The highest BCUT2D eigenvalue weighted by atomic mass is 14.8. The minimum absolute atomic E-state index is 0.178. The quantitative estimate of drug-likeness (QED) is 0.793. The molecule has 1 atom stereocenters. The Kier molecular flexibility index (Phi) is 2.49. The maximum Gasteiger partial charge on any atom is 0.0467 e. The van der Waals surface area contributed by atoms with Crippen molar-refractivity contribution in [2.24, 2.45) is 11.1 Å². The van der Waals surface area contributed by atoms with Crippen LogP contribution in [0.2, 0.25) is 0 Å². The lowest BCUT2D eigenvalue weighted by Gasteiger charge is -2.39. The Morgan fingerprint density at radius 2 is 1.67 bits per heavy atom. The van der Waals surface area contributed by atoms with Crippen molar-refractivity contribution in [1.29, 1.82) is 0 Å². The first-order chi connectivity index (χ1) is 8.55. The molecule has 94 valence electrons. The second-order valence-electron chi connectivity index (χ2n) is 6.24. The first-order valence-electron chi connectivity index (χ1n) is 6.82. The second-order valence-corrected chi connectivity index (χ2v) is 6.24. The molecule has 0 amide bonds. The summed E-state index contributed by atoms with van der Waals surface area (Å²) < 4.78 is 0. The fourth-order valence-corrected chi connectivity index (χ4v) is 3.48. The van der Waals surface area contributed by atoms with Gasteiger partial charge in [0.2, 0.25) is 0 Å². The predicted molar refractivity (Wildman–Crippen MR) is 77.4 cm³/mol. The number of benzene rings is 2. The average molecular weight is 239 g/mol. The molecule has 1 fully saturated rings. The molecule has 2 aromatic carbocycles. The highest BCUT2D eigenvalue weighted by Crippen LogP contribution is 2.51. The molecule has 1 aliphatic carbocycles. The minimum atomic E-state index is -0.187. The van der Waals surface area contributed by atoms with Crippen LogP contribution in [0.4, 0.5) is 0 Å². The molecule has 1 heteroatoms. The number of fused-ring (bicyclic) bond motifs is 1. The topological polar surface area (TPSA) is 26.0 Å². The van der Waals surface area contributed by atoms with Crippen molar-refractivity contribution in [3.8, 4) is 0 Å². The van der Waals surface area contributed by atoms with E-state index in [9.17, 15) is 0 Å². The third kappa shape index (κ3) is 1.50. The molecule has 1 saturated carbocycles. The Bertz CT molecular complexity index is 580. The first kappa shape index (κ1) is 11.7. The van der Waals surface area contributed by atoms with E-state index < -0.39 is 0 Å². The molecule has 1 unspecified atom stereocenters. The second kappa shape index (κ2) is 3.83. The summed E-state index contributed by atoms with van der Waals surface area (Å²) in [4.78, 5) is 0. The predicted octanol–water partition coefficient (Wildman–Crippen LogP) is 4.20. The Morgan fingerprint density at radius 1 is 0.944 bits per heavy atom. The van der Waals surface area contributed by atoms with Crippen LogP contribution in [0.25, 0.3) is 10.8 Å². The summed E-state index contributed by atoms with van der Waals surface area (Å²) in [6, 6.07) is 15.1. The van der Waals surface area contributed by atoms with E-state index >= 15 is 0 Å². The summed E-state index contributed by atoms with van der Waals surface area (Å²) in [6.45, 7) is 4.61. The SMILES string of the molecule is CC1(C)CCCC1(N)c1cccc2ccccc12. The zero-order valence-electron chi connectivity index (χ0n) is 11.2. The van der Waals surface area contributed by atoms with Crippen molar-refractivity contribution in [1.82, 2.24) is 0 Å². The average Bonchev–Trinajstić information content (AvgIpc) is 2.64. The molecule has 3 rings (SSSR count). The summed E-state index contributed by atoms with van der Waals surface area (Å²) in [5.74, 6) is 0. The fourth-order valence-electron chi connectivity index (χ4n) is 3.48. The zero-order valence-corrected chi connectivity index (χ0v) is 11.2. The van der Waals surface area contributed by atoms with Gasteiger partial charge in [-0.25, -0.2) is 0 Å². The third-order valence-corrected chi connectivity index (χ3v) is 4.85. The van der Waals surface area contributed by atoms with Gasteiger partial charge in [0, 0.05) is 5.54 Å². The Balaban J connectivity index is 2.26. The van der Waals surface area contributed by atoms with Crippen LogP contribution >= 0.6 is 0 Å². The summed E-state index contributed by atoms with van der Waals surface area (Å²) in [5.41, 5.74) is 8.14. The number of rotatable bonds is 1. The van der Waals surface area contributed by atoms with Gasteiger partial charge in [0.25, 0.3) is 0 Å². The Labute approximate surface area is 109 Å². The van der Waals surface area contributed by atoms with Crippen LogP contribution < -0.4 is 5.73 Å². The van der Waals surface area contributed by atoms with Crippen molar-refractivity contribution >= 4 is 10.8 Å². The molecule has 2 N–H and O–H groups in total. The molecule has 1 aliphatic rings. The van der Waals surface area contributed by atoms with Crippen molar-refractivity contribution in [3.05, 3.63) is 48.0 Å². The summed E-state index contributed by atoms with van der Waals surface area (Å²) in [7, 11) is 0. The van der Waals surface area contributed by atoms with Gasteiger partial charge in [-0.2, -0.15) is 0 Å². The van der Waals surface area contributed by atoms with Gasteiger partial charge in [-0.15, -0.1) is 0 Å². The lowest BCUT2D eigenvalue weighted by atomic mass is 9.70. The monoisotopic (exact) mass is 239 g/mol. The molecule has 2 aromatic rings. The van der Waals surface area contributed by atoms with Crippen LogP contribution in [0.5, 0.6) is 0 Å². The lowest BCUT2D eigenvalue weighted by molar-refractivity contribution is 0.212. The maximum atomic E-state index is 6.82. The smallest absolute Gasteiger partial charge is 0.0467 e. The van der Waals surface area contributed by atoms with Crippen LogP contribution in [-0.2, 0) is 5.54 Å². The minimum Gasteiger partial charge on any atom is -0.321 e. The summed E-state index contributed by atoms with van der Waals surface area (Å²) >= 11 is 0. The van der Waals surface area contributed by atoms with Gasteiger partial charge in [-0.05, 0) is 34.6 Å². The summed E-state index contributed by atoms with van der Waals surface area (Å²) in [6.07, 6.45) is 3.54. The highest BCUT2D eigenvalue weighted by Gasteiger charge is 2.47. The van der Waals surface area contributed by atoms with E-state index in [0.29, 0.717) is 0 Å². The van der Waals surface area contributed by atoms with E-state index in [0.717, 1.165) is 6.42 Å². The molecule has 0 aromatic heterocycles. The van der Waals surface area contributed by atoms with E-state index in [4.69, 9.17) is 5.73 Å². The largest absolute Gasteiger partial charge is 0.321 e. The van der Waals surface area contributed by atoms with E-state index in [1.54, 1.807) is 0 Å². The van der Waals surface area contributed by atoms with Crippen molar-refractivity contribution in [2.45, 2.75) is 38.6 Å². The molecule has 1 nitrogen and oxygen atoms in total. The Hall–Kier alpha value is -1.34. The highest BCUT2D eigenvalue weighted by molar-refractivity contribution is 5.86. The molecule has 0 saturated heterocycles. The van der Waals surface area contributed by atoms with Gasteiger partial charge in [0.05, 0.1) is 0 Å². The van der Waals surface area contributed by atoms with Crippen LogP contribution in [0.1, 0.15) is 38.7 Å². The Morgan fingerprint density at radius 3 is 2.39 bits per heavy atom. The number of nitrogens with two attached hydrogens (primary N) is 1. The molecule has 0 spiro atoms. The van der Waals surface area contributed by atoms with E-state index in [-0.39, 0.29) is 11.0 Å². The first-order valence-corrected chi connectivity index (χ1v) is 6.82. The normalized spacial score (nSPS) is 26.6. The number of hydrogen-bond acceptors (Lipinski definition) is 1. The molecule has 18 heavy (non-hydrogen) atoms. The maximum absolute atomic E-state index is 6.82. The van der Waals surface area contributed by atoms with E-state index in [1.807, 2.05) is 0 Å². The molecular weight excluding hydrogens is 218 g/mol. The van der Waals surface area contributed by atoms with E-state index in [1.165, 1.54) is 29.2 Å². The standard InChI is InChI=1S/C17H21N/c1-16(2)11-6-12-17(16,18)15-10-5-8-13-7-3-4-9-14(13)15/h3-5,7-10H,6,11-12,18H2,1-2H3. The number of hydrogen-bond donors (Lipinski definition) is 1. The van der Waals surface area contributed by atoms with Crippen LogP contribution in [0.15, 0.2) is 42.5 Å². The lowest BCUT2D eigenvalue weighted by Crippen LogP contribution is -2.45. The van der Waals surface area contributed by atoms with Gasteiger partial charge in [-0.3, -0.25) is 0 Å². The fraction of sp³-hybridized carbons (Fsp3) is 0.412. The third-order valence-electron chi connectivity index (χ3n) is 4.85. The molecule has 0 heterocycles. The molecule has 0 bridgehead atoms. The van der Waals surface area contributed by atoms with Gasteiger partial charge in [0.15, 0.2) is 0 Å². The van der Waals surface area contributed by atoms with Gasteiger partial charge in [0.1, 0.15) is 0 Å². The van der Waals surface area contributed by atoms with E-state index in [2.05, 4.69) is 56.3 Å². The zero-order chi connectivity index (χ0) is 12.8. The van der Waals surface area contributed by atoms with Crippen LogP contribution in [0, 0.1) is 5.41 Å². The molecular formula is C17H21N. The van der Waals surface area contributed by atoms with Crippen molar-refractivity contribution in [3.63, 3.8) is 0 Å².